The van der Waals surface area contributed by atoms with E-state index in [1.54, 1.807) is 25.1 Å². The van der Waals surface area contributed by atoms with Crippen molar-refractivity contribution in [3.8, 4) is 11.5 Å². The summed E-state index contributed by atoms with van der Waals surface area (Å²) >= 11 is 0. The average molecular weight is 461 g/mol. The van der Waals surface area contributed by atoms with Crippen molar-refractivity contribution in [2.45, 2.75) is 51.9 Å². The Kier molecular flexibility index (Phi) is 12.6. The Hall–Kier alpha value is -2.33. The summed E-state index contributed by atoms with van der Waals surface area (Å²) in [6, 6.07) is 5.23. The number of benzene rings is 1. The highest BCUT2D eigenvalue weighted by Crippen LogP contribution is 2.26. The fourth-order valence-corrected chi connectivity index (χ4v) is 3.06. The first-order valence-corrected chi connectivity index (χ1v) is 12.1. The van der Waals surface area contributed by atoms with Crippen LogP contribution >= 0.6 is 0 Å². The van der Waals surface area contributed by atoms with Crippen LogP contribution < -0.4 is 9.47 Å². The topological polar surface area (TPSA) is 125 Å². The molecule has 10 heteroatoms. The van der Waals surface area contributed by atoms with E-state index in [2.05, 4.69) is 4.18 Å². The van der Waals surface area contributed by atoms with Crippen LogP contribution in [0, 0.1) is 0 Å². The van der Waals surface area contributed by atoms with Crippen molar-refractivity contribution >= 4 is 22.1 Å². The second-order valence-electron chi connectivity index (χ2n) is 6.86. The Balaban J connectivity index is 2.50. The number of esters is 1. The maximum Gasteiger partial charge on any atom is 0.305 e. The van der Waals surface area contributed by atoms with E-state index < -0.39 is 16.1 Å². The minimum Gasteiger partial charge on any atom is -0.494 e. The van der Waals surface area contributed by atoms with Gasteiger partial charge in [0.05, 0.1) is 32.7 Å². The highest BCUT2D eigenvalue weighted by Gasteiger charge is 2.10. The molecule has 0 saturated carbocycles. The summed E-state index contributed by atoms with van der Waals surface area (Å²) in [6.45, 7) is 3.00. The Morgan fingerprint density at radius 1 is 0.968 bits per heavy atom. The highest BCUT2D eigenvalue weighted by atomic mass is 32.2. The summed E-state index contributed by atoms with van der Waals surface area (Å²) < 4.78 is 42.8. The van der Waals surface area contributed by atoms with Gasteiger partial charge in [0.2, 0.25) is 0 Å². The number of rotatable bonds is 17. The lowest BCUT2D eigenvalue weighted by Crippen LogP contribution is -2.07. The summed E-state index contributed by atoms with van der Waals surface area (Å²) in [4.78, 5) is 22.3. The predicted octanol–water partition coefficient (Wildman–Crippen LogP) is 2.95. The minimum atomic E-state index is -3.41. The molecule has 0 amide bonds. The third-order valence-corrected chi connectivity index (χ3v) is 4.68. The number of carbonyl (C=O) groups excluding carboxylic acids is 1. The molecule has 0 unspecified atom stereocenters. The van der Waals surface area contributed by atoms with E-state index >= 15 is 0 Å². The third kappa shape index (κ3) is 13.6. The smallest absolute Gasteiger partial charge is 0.305 e. The van der Waals surface area contributed by atoms with Crippen molar-refractivity contribution in [2.75, 3.05) is 32.7 Å². The number of carboxylic acid groups (broad SMARTS) is 1. The zero-order chi connectivity index (χ0) is 23.1. The number of carbonyl (C=O) groups is 2. The Morgan fingerprint density at radius 3 is 2.35 bits per heavy atom. The van der Waals surface area contributed by atoms with E-state index in [4.69, 9.17) is 19.3 Å². The van der Waals surface area contributed by atoms with Gasteiger partial charge < -0.3 is 19.3 Å². The zero-order valence-corrected chi connectivity index (χ0v) is 18.9. The molecule has 0 spiro atoms. The molecule has 0 aliphatic heterocycles. The lowest BCUT2D eigenvalue weighted by atomic mass is 10.1. The fraction of sp³-hybridized carbons (Fsp3) is 0.619. The number of aliphatic carboxylic acids is 1. The summed E-state index contributed by atoms with van der Waals surface area (Å²) in [7, 11) is -3.41. The first-order valence-electron chi connectivity index (χ1n) is 10.3. The van der Waals surface area contributed by atoms with Gasteiger partial charge in [-0.25, -0.2) is 0 Å². The van der Waals surface area contributed by atoms with Gasteiger partial charge >= 0.3 is 11.9 Å². The molecule has 31 heavy (non-hydrogen) atoms. The van der Waals surface area contributed by atoms with Gasteiger partial charge in [0, 0.05) is 12.8 Å². The van der Waals surface area contributed by atoms with Crippen molar-refractivity contribution in [3.63, 3.8) is 0 Å². The molecule has 9 nitrogen and oxygen atoms in total. The Labute approximate surface area is 183 Å². The molecule has 1 N–H and O–H groups in total. The van der Waals surface area contributed by atoms with E-state index in [0.29, 0.717) is 57.0 Å². The molecular formula is C21H32O9S. The third-order valence-electron chi connectivity index (χ3n) is 4.08. The summed E-state index contributed by atoms with van der Waals surface area (Å²) in [5, 5.41) is 8.99. The quantitative estimate of drug-likeness (QED) is 0.212. The van der Waals surface area contributed by atoms with Crippen LogP contribution in [0.2, 0.25) is 0 Å². The van der Waals surface area contributed by atoms with E-state index in [1.807, 2.05) is 0 Å². The molecule has 0 bridgehead atoms. The fourth-order valence-electron chi connectivity index (χ4n) is 2.64. The van der Waals surface area contributed by atoms with E-state index in [0.717, 1.165) is 18.2 Å². The van der Waals surface area contributed by atoms with Crippen LogP contribution in [-0.4, -0.2) is 58.1 Å². The predicted molar refractivity (Wildman–Crippen MR) is 114 cm³/mol. The molecule has 0 heterocycles. The number of hydrogen-bond acceptors (Lipinski definition) is 8. The number of hydrogen-bond donors (Lipinski definition) is 1. The van der Waals surface area contributed by atoms with Crippen molar-refractivity contribution in [1.29, 1.82) is 0 Å². The van der Waals surface area contributed by atoms with Crippen LogP contribution in [0.1, 0.15) is 51.0 Å². The van der Waals surface area contributed by atoms with Crippen molar-refractivity contribution < 1.29 is 41.5 Å². The SMILES string of the molecule is CCOC(=O)CCCOc1ccc(OCCCCCOS(C)(=O)=O)c(CCC(=O)O)c1. The summed E-state index contributed by atoms with van der Waals surface area (Å²) in [5.41, 5.74) is 0.728. The molecule has 0 saturated heterocycles. The van der Waals surface area contributed by atoms with Gasteiger partial charge in [-0.15, -0.1) is 0 Å². The molecule has 176 valence electrons. The van der Waals surface area contributed by atoms with Crippen LogP contribution in [-0.2, 0) is 35.0 Å². The van der Waals surface area contributed by atoms with Gasteiger partial charge in [0.15, 0.2) is 0 Å². The van der Waals surface area contributed by atoms with E-state index in [-0.39, 0.29) is 25.4 Å². The van der Waals surface area contributed by atoms with Gasteiger partial charge in [-0.05, 0) is 62.8 Å². The summed E-state index contributed by atoms with van der Waals surface area (Å²) in [6.07, 6.45) is 4.11. The average Bonchev–Trinajstić information content (AvgIpc) is 2.69. The van der Waals surface area contributed by atoms with Gasteiger partial charge in [0.25, 0.3) is 10.1 Å². The maximum absolute atomic E-state index is 11.3. The molecule has 0 aliphatic rings. The normalized spacial score (nSPS) is 11.2. The van der Waals surface area contributed by atoms with E-state index in [9.17, 15) is 18.0 Å². The van der Waals surface area contributed by atoms with Crippen LogP contribution in [0.3, 0.4) is 0 Å². The molecule has 1 aromatic rings. The number of carboxylic acids is 1. The standard InChI is InChI=1S/C21H32O9S/c1-3-27-21(24)8-7-14-28-18-10-11-19(17(16-18)9-12-20(22)23)29-13-5-4-6-15-30-31(2,25)26/h10-11,16H,3-9,12-15H2,1-2H3,(H,22,23). The lowest BCUT2D eigenvalue weighted by Gasteiger charge is -2.14. The second kappa shape index (κ2) is 14.6. The van der Waals surface area contributed by atoms with Crippen LogP contribution in [0.15, 0.2) is 18.2 Å². The van der Waals surface area contributed by atoms with Gasteiger partial charge in [-0.1, -0.05) is 0 Å². The molecule has 0 aromatic heterocycles. The zero-order valence-electron chi connectivity index (χ0n) is 18.1. The highest BCUT2D eigenvalue weighted by molar-refractivity contribution is 7.85. The van der Waals surface area contributed by atoms with Crippen LogP contribution in [0.4, 0.5) is 0 Å². The lowest BCUT2D eigenvalue weighted by molar-refractivity contribution is -0.143. The molecule has 1 rings (SSSR count). The van der Waals surface area contributed by atoms with Crippen LogP contribution in [0.25, 0.3) is 0 Å². The molecular weight excluding hydrogens is 428 g/mol. The van der Waals surface area contributed by atoms with Gasteiger partial charge in [-0.2, -0.15) is 8.42 Å². The Bertz CT molecular complexity index is 790. The number of aryl methyl sites for hydroxylation is 1. The van der Waals surface area contributed by atoms with Crippen molar-refractivity contribution in [3.05, 3.63) is 23.8 Å². The molecule has 1 aromatic carbocycles. The van der Waals surface area contributed by atoms with Crippen LogP contribution in [0.5, 0.6) is 11.5 Å². The maximum atomic E-state index is 11.3. The molecule has 0 aliphatic carbocycles. The molecule has 0 radical (unpaired) electrons. The first kappa shape index (κ1) is 26.7. The number of ether oxygens (including phenoxy) is 3. The Morgan fingerprint density at radius 2 is 1.68 bits per heavy atom. The molecule has 0 atom stereocenters. The number of unbranched alkanes of at least 4 members (excludes halogenated alkanes) is 2. The summed E-state index contributed by atoms with van der Waals surface area (Å²) in [5.74, 6) is -0.000471. The monoisotopic (exact) mass is 460 g/mol. The van der Waals surface area contributed by atoms with E-state index in [1.165, 1.54) is 0 Å². The van der Waals surface area contributed by atoms with Gasteiger partial charge in [-0.3, -0.25) is 13.8 Å². The second-order valence-corrected chi connectivity index (χ2v) is 8.50. The molecule has 0 fully saturated rings. The minimum absolute atomic E-state index is 0.0362. The van der Waals surface area contributed by atoms with Gasteiger partial charge in [0.1, 0.15) is 11.5 Å². The van der Waals surface area contributed by atoms with Crippen molar-refractivity contribution in [2.24, 2.45) is 0 Å². The largest absolute Gasteiger partial charge is 0.494 e. The van der Waals surface area contributed by atoms with Crippen molar-refractivity contribution in [1.82, 2.24) is 0 Å². The first-order chi connectivity index (χ1) is 14.7.